The molecule has 0 aliphatic heterocycles. The highest BCUT2D eigenvalue weighted by atomic mass is 32.2. The summed E-state index contributed by atoms with van der Waals surface area (Å²) in [6.07, 6.45) is 0. The standard InChI is InChI=1S/C19H21N3S/c1-13-5-7-17(8-6-13)18-20-21-19(22(18)4)23-12-16-10-14(2)9-15(3)11-16/h5-11H,12H2,1-4H3. The number of nitrogens with zero attached hydrogens (tertiary/aromatic N) is 3. The topological polar surface area (TPSA) is 30.7 Å². The third kappa shape index (κ3) is 3.64. The van der Waals surface area contributed by atoms with E-state index in [9.17, 15) is 0 Å². The molecule has 0 N–H and O–H groups in total. The van der Waals surface area contributed by atoms with Crippen molar-refractivity contribution in [1.82, 2.24) is 14.8 Å². The number of aryl methyl sites for hydroxylation is 3. The molecule has 23 heavy (non-hydrogen) atoms. The summed E-state index contributed by atoms with van der Waals surface area (Å²) in [6, 6.07) is 15.1. The van der Waals surface area contributed by atoms with Crippen LogP contribution in [0.2, 0.25) is 0 Å². The molecule has 0 saturated heterocycles. The molecule has 1 aromatic heterocycles. The van der Waals surface area contributed by atoms with Gasteiger partial charge in [0.25, 0.3) is 0 Å². The number of hydrogen-bond acceptors (Lipinski definition) is 3. The fraction of sp³-hybridized carbons (Fsp3) is 0.263. The Morgan fingerprint density at radius 2 is 1.52 bits per heavy atom. The summed E-state index contributed by atoms with van der Waals surface area (Å²) < 4.78 is 2.07. The molecule has 3 aromatic rings. The molecular weight excluding hydrogens is 302 g/mol. The smallest absolute Gasteiger partial charge is 0.191 e. The second-order valence-electron chi connectivity index (χ2n) is 6.02. The lowest BCUT2D eigenvalue weighted by Crippen LogP contribution is -1.95. The van der Waals surface area contributed by atoms with Crippen molar-refractivity contribution >= 4 is 11.8 Å². The molecule has 3 nitrogen and oxygen atoms in total. The van der Waals surface area contributed by atoms with Crippen LogP contribution >= 0.6 is 11.8 Å². The molecule has 0 radical (unpaired) electrons. The number of hydrogen-bond donors (Lipinski definition) is 0. The zero-order valence-electron chi connectivity index (χ0n) is 14.0. The summed E-state index contributed by atoms with van der Waals surface area (Å²) in [7, 11) is 2.03. The summed E-state index contributed by atoms with van der Waals surface area (Å²) in [6.45, 7) is 6.36. The number of benzene rings is 2. The van der Waals surface area contributed by atoms with Crippen molar-refractivity contribution < 1.29 is 0 Å². The Bertz CT molecular complexity index is 799. The van der Waals surface area contributed by atoms with E-state index < -0.39 is 0 Å². The van der Waals surface area contributed by atoms with Crippen molar-refractivity contribution in [3.05, 3.63) is 64.7 Å². The fourth-order valence-corrected chi connectivity index (χ4v) is 3.54. The largest absolute Gasteiger partial charge is 0.305 e. The van der Waals surface area contributed by atoms with E-state index in [1.807, 2.05) is 7.05 Å². The van der Waals surface area contributed by atoms with Crippen molar-refractivity contribution in [2.24, 2.45) is 7.05 Å². The van der Waals surface area contributed by atoms with Gasteiger partial charge in [0.2, 0.25) is 0 Å². The summed E-state index contributed by atoms with van der Waals surface area (Å²) in [5.74, 6) is 1.82. The van der Waals surface area contributed by atoms with E-state index in [2.05, 4.69) is 78.0 Å². The van der Waals surface area contributed by atoms with Gasteiger partial charge >= 0.3 is 0 Å². The molecule has 2 aromatic carbocycles. The first-order valence-corrected chi connectivity index (χ1v) is 8.68. The average molecular weight is 323 g/mol. The molecule has 0 atom stereocenters. The van der Waals surface area contributed by atoms with E-state index in [1.165, 1.54) is 22.3 Å². The van der Waals surface area contributed by atoms with Crippen LogP contribution in [0.1, 0.15) is 22.3 Å². The van der Waals surface area contributed by atoms with Crippen molar-refractivity contribution in [2.75, 3.05) is 0 Å². The summed E-state index contributed by atoms with van der Waals surface area (Å²) in [5, 5.41) is 9.65. The van der Waals surface area contributed by atoms with Crippen LogP contribution in [0.25, 0.3) is 11.4 Å². The molecule has 0 spiro atoms. The first-order chi connectivity index (χ1) is 11.0. The Hall–Kier alpha value is -2.07. The van der Waals surface area contributed by atoms with Crippen LogP contribution in [0.15, 0.2) is 47.6 Å². The van der Waals surface area contributed by atoms with Gasteiger partial charge in [-0.05, 0) is 26.3 Å². The maximum atomic E-state index is 4.36. The lowest BCUT2D eigenvalue weighted by atomic mass is 10.1. The molecular formula is C19H21N3S. The van der Waals surface area contributed by atoms with Crippen molar-refractivity contribution in [2.45, 2.75) is 31.7 Å². The number of aromatic nitrogens is 3. The van der Waals surface area contributed by atoms with Gasteiger partial charge in [-0.3, -0.25) is 0 Å². The van der Waals surface area contributed by atoms with Gasteiger partial charge in [0.15, 0.2) is 11.0 Å². The van der Waals surface area contributed by atoms with Crippen molar-refractivity contribution in [1.29, 1.82) is 0 Å². The van der Waals surface area contributed by atoms with Crippen LogP contribution in [-0.2, 0) is 12.8 Å². The van der Waals surface area contributed by atoms with Crippen molar-refractivity contribution in [3.63, 3.8) is 0 Å². The third-order valence-electron chi connectivity index (χ3n) is 3.79. The molecule has 3 rings (SSSR count). The minimum absolute atomic E-state index is 0.905. The van der Waals surface area contributed by atoms with Crippen LogP contribution in [0.3, 0.4) is 0 Å². The van der Waals surface area contributed by atoms with E-state index in [-0.39, 0.29) is 0 Å². The molecule has 0 aliphatic rings. The molecule has 0 saturated carbocycles. The second-order valence-corrected chi connectivity index (χ2v) is 6.96. The van der Waals surface area contributed by atoms with Gasteiger partial charge in [-0.15, -0.1) is 10.2 Å². The summed E-state index contributed by atoms with van der Waals surface area (Å²) in [5.41, 5.74) is 6.29. The van der Waals surface area contributed by atoms with Gasteiger partial charge < -0.3 is 4.57 Å². The molecule has 0 aliphatic carbocycles. The summed E-state index contributed by atoms with van der Waals surface area (Å²) in [4.78, 5) is 0. The highest BCUT2D eigenvalue weighted by molar-refractivity contribution is 7.98. The van der Waals surface area contributed by atoms with E-state index >= 15 is 0 Å². The Labute approximate surface area is 141 Å². The SMILES string of the molecule is Cc1ccc(-c2nnc(SCc3cc(C)cc(C)c3)n2C)cc1. The van der Waals surface area contributed by atoms with Gasteiger partial charge in [-0.2, -0.15) is 0 Å². The van der Waals surface area contributed by atoms with E-state index in [0.29, 0.717) is 0 Å². The molecule has 0 fully saturated rings. The summed E-state index contributed by atoms with van der Waals surface area (Å²) >= 11 is 1.73. The van der Waals surface area contributed by atoms with Crippen molar-refractivity contribution in [3.8, 4) is 11.4 Å². The van der Waals surface area contributed by atoms with Gasteiger partial charge in [-0.25, -0.2) is 0 Å². The molecule has 0 unspecified atom stereocenters. The van der Waals surface area contributed by atoms with Crippen LogP contribution in [-0.4, -0.2) is 14.8 Å². The Kier molecular flexibility index (Phi) is 4.53. The van der Waals surface area contributed by atoms with Gasteiger partial charge in [0, 0.05) is 18.4 Å². The lowest BCUT2D eigenvalue weighted by molar-refractivity contribution is 0.794. The maximum Gasteiger partial charge on any atom is 0.191 e. The second kappa shape index (κ2) is 6.59. The Morgan fingerprint density at radius 3 is 2.17 bits per heavy atom. The van der Waals surface area contributed by atoms with Crippen LogP contribution < -0.4 is 0 Å². The van der Waals surface area contributed by atoms with Crippen LogP contribution in [0.5, 0.6) is 0 Å². The minimum Gasteiger partial charge on any atom is -0.305 e. The van der Waals surface area contributed by atoms with Gasteiger partial charge in [0.1, 0.15) is 0 Å². The lowest BCUT2D eigenvalue weighted by Gasteiger charge is -2.06. The van der Waals surface area contributed by atoms with E-state index in [4.69, 9.17) is 0 Å². The Balaban J connectivity index is 1.78. The molecule has 118 valence electrons. The number of rotatable bonds is 4. The first kappa shape index (κ1) is 15.8. The molecule has 1 heterocycles. The first-order valence-electron chi connectivity index (χ1n) is 7.69. The van der Waals surface area contributed by atoms with E-state index in [1.54, 1.807) is 11.8 Å². The van der Waals surface area contributed by atoms with E-state index in [0.717, 1.165) is 22.3 Å². The highest BCUT2D eigenvalue weighted by Gasteiger charge is 2.11. The van der Waals surface area contributed by atoms with Gasteiger partial charge in [-0.1, -0.05) is 70.9 Å². The number of thioether (sulfide) groups is 1. The molecule has 0 amide bonds. The zero-order valence-corrected chi connectivity index (χ0v) is 14.8. The normalized spacial score (nSPS) is 11.0. The highest BCUT2D eigenvalue weighted by Crippen LogP contribution is 2.26. The molecule has 4 heteroatoms. The predicted molar refractivity (Wildman–Crippen MR) is 96.7 cm³/mol. The minimum atomic E-state index is 0.905. The molecule has 0 bridgehead atoms. The maximum absolute atomic E-state index is 4.36. The quantitative estimate of drug-likeness (QED) is 0.652. The van der Waals surface area contributed by atoms with Gasteiger partial charge in [0.05, 0.1) is 0 Å². The van der Waals surface area contributed by atoms with Crippen LogP contribution in [0, 0.1) is 20.8 Å². The average Bonchev–Trinajstić information content (AvgIpc) is 2.86. The predicted octanol–water partition coefficient (Wildman–Crippen LogP) is 4.70. The van der Waals surface area contributed by atoms with Crippen LogP contribution in [0.4, 0.5) is 0 Å². The Morgan fingerprint density at radius 1 is 0.870 bits per heavy atom. The third-order valence-corrected chi connectivity index (χ3v) is 4.89. The fourth-order valence-electron chi connectivity index (χ4n) is 2.69. The monoisotopic (exact) mass is 323 g/mol. The zero-order chi connectivity index (χ0) is 16.4.